The Kier molecular flexibility index (Phi) is 50.9. The fourth-order valence-electron chi connectivity index (χ4n) is 8.33. The van der Waals surface area contributed by atoms with Gasteiger partial charge in [0.05, 0.1) is 39.9 Å². The van der Waals surface area contributed by atoms with E-state index >= 15 is 0 Å². The van der Waals surface area contributed by atoms with Crippen molar-refractivity contribution >= 4 is 13.7 Å². The van der Waals surface area contributed by atoms with E-state index in [1.165, 1.54) is 116 Å². The molecule has 0 rings (SSSR count). The highest BCUT2D eigenvalue weighted by atomic mass is 31.2. The summed E-state index contributed by atoms with van der Waals surface area (Å²) in [5, 5.41) is 24.7. The quantitative estimate of drug-likeness (QED) is 0.0207. The fraction of sp³-hybridized carbons (Fsp3) is 0.730. The van der Waals surface area contributed by atoms with Gasteiger partial charge in [-0.2, -0.15) is 0 Å². The molecule has 1 amide bonds. The number of nitrogens with zero attached hydrogens (tertiary/aromatic N) is 1. The van der Waals surface area contributed by atoms with E-state index in [-0.39, 0.29) is 18.9 Å². The van der Waals surface area contributed by atoms with Crippen LogP contribution >= 0.6 is 7.82 Å². The lowest BCUT2D eigenvalue weighted by Crippen LogP contribution is -2.51. The monoisotopic (exact) mass is 1040 g/mol. The maximum absolute atomic E-state index is 13.0. The molecule has 9 nitrogen and oxygen atoms in total. The van der Waals surface area contributed by atoms with Crippen LogP contribution in [0.5, 0.6) is 0 Å². The van der Waals surface area contributed by atoms with E-state index in [0.29, 0.717) is 23.9 Å². The van der Waals surface area contributed by atoms with Crippen molar-refractivity contribution in [3.05, 3.63) is 97.2 Å². The van der Waals surface area contributed by atoms with Crippen LogP contribution < -0.4 is 5.32 Å². The number of carbonyl (C=O) groups is 1. The van der Waals surface area contributed by atoms with Gasteiger partial charge >= 0.3 is 7.82 Å². The van der Waals surface area contributed by atoms with Gasteiger partial charge in [0.15, 0.2) is 0 Å². The highest BCUT2D eigenvalue weighted by Crippen LogP contribution is 2.43. The van der Waals surface area contributed by atoms with Crippen LogP contribution in [-0.4, -0.2) is 84.6 Å². The van der Waals surface area contributed by atoms with Crippen molar-refractivity contribution < 1.29 is 38.0 Å². The molecule has 0 bridgehead atoms. The average molecular weight is 1040 g/mol. The second-order valence-corrected chi connectivity index (χ2v) is 22.6. The van der Waals surface area contributed by atoms with Crippen molar-refractivity contribution in [1.82, 2.24) is 5.32 Å². The predicted molar refractivity (Wildman–Crippen MR) is 315 cm³/mol. The molecule has 0 radical (unpaired) electrons. The Bertz CT molecular complexity index is 1530. The lowest BCUT2D eigenvalue weighted by Gasteiger charge is -2.28. The van der Waals surface area contributed by atoms with Crippen molar-refractivity contribution in [3.63, 3.8) is 0 Å². The first-order valence-electron chi connectivity index (χ1n) is 29.7. The van der Waals surface area contributed by atoms with E-state index in [1.807, 2.05) is 28.1 Å². The molecule has 4 unspecified atom stereocenters. The van der Waals surface area contributed by atoms with E-state index < -0.39 is 32.7 Å². The molecule has 0 heterocycles. The van der Waals surface area contributed by atoms with Gasteiger partial charge in [-0.15, -0.1) is 0 Å². The summed E-state index contributed by atoms with van der Waals surface area (Å²) in [6, 6.07) is -1.06. The van der Waals surface area contributed by atoms with E-state index in [9.17, 15) is 24.5 Å². The number of carbonyl (C=O) groups excluding carboxylic acids is 1. The van der Waals surface area contributed by atoms with Gasteiger partial charge in [0.25, 0.3) is 0 Å². The molecule has 73 heavy (non-hydrogen) atoms. The van der Waals surface area contributed by atoms with E-state index in [0.717, 1.165) is 89.9 Å². The molecule has 0 aliphatic heterocycles. The summed E-state index contributed by atoms with van der Waals surface area (Å²) in [4.78, 5) is 23.3. The minimum Gasteiger partial charge on any atom is -0.390 e. The lowest BCUT2D eigenvalue weighted by molar-refractivity contribution is -0.870. The number of allylic oxidation sites excluding steroid dienone is 16. The number of aliphatic hydroxyl groups excluding tert-OH is 2. The number of rotatable bonds is 53. The Morgan fingerprint density at radius 2 is 0.877 bits per heavy atom. The third kappa shape index (κ3) is 54.0. The van der Waals surface area contributed by atoms with Crippen LogP contribution in [0.2, 0.25) is 0 Å². The zero-order valence-electron chi connectivity index (χ0n) is 47.7. The highest BCUT2D eigenvalue weighted by Gasteiger charge is 2.31. The maximum atomic E-state index is 13.0. The average Bonchev–Trinajstić information content (AvgIpc) is 3.35. The number of phosphoric acid groups is 1. The summed E-state index contributed by atoms with van der Waals surface area (Å²) in [5.41, 5.74) is 0. The largest absolute Gasteiger partial charge is 0.472 e. The van der Waals surface area contributed by atoms with Gasteiger partial charge in [0, 0.05) is 6.42 Å². The smallest absolute Gasteiger partial charge is 0.390 e. The summed E-state index contributed by atoms with van der Waals surface area (Å²) in [5.74, 6) is -0.275. The molecule has 4 atom stereocenters. The van der Waals surface area contributed by atoms with E-state index in [1.54, 1.807) is 0 Å². The molecule has 0 spiro atoms. The van der Waals surface area contributed by atoms with Gasteiger partial charge in [-0.05, 0) is 103 Å². The molecule has 4 N–H and O–H groups in total. The number of unbranched alkanes of at least 4 members (excludes halogenated alkanes) is 24. The summed E-state index contributed by atoms with van der Waals surface area (Å²) in [6.45, 7) is 4.25. The highest BCUT2D eigenvalue weighted by molar-refractivity contribution is 7.47. The van der Waals surface area contributed by atoms with E-state index in [2.05, 4.69) is 109 Å². The topological polar surface area (TPSA) is 125 Å². The van der Waals surface area contributed by atoms with Crippen LogP contribution in [0.25, 0.3) is 0 Å². The van der Waals surface area contributed by atoms with Gasteiger partial charge in [0.1, 0.15) is 19.3 Å². The summed E-state index contributed by atoms with van der Waals surface area (Å²) < 4.78 is 23.6. The molecule has 0 aliphatic rings. The molecule has 422 valence electrons. The Morgan fingerprint density at radius 1 is 0.507 bits per heavy atom. The van der Waals surface area contributed by atoms with Crippen molar-refractivity contribution in [2.75, 3.05) is 40.9 Å². The summed E-state index contributed by atoms with van der Waals surface area (Å²) >= 11 is 0. The van der Waals surface area contributed by atoms with Crippen molar-refractivity contribution in [1.29, 1.82) is 0 Å². The first kappa shape index (κ1) is 70.4. The molecule has 0 saturated heterocycles. The number of hydrogen-bond donors (Lipinski definition) is 4. The van der Waals surface area contributed by atoms with Gasteiger partial charge < -0.3 is 24.9 Å². The Labute approximate surface area is 450 Å². The second-order valence-electron chi connectivity index (χ2n) is 21.1. The summed E-state index contributed by atoms with van der Waals surface area (Å²) in [7, 11) is 1.40. The maximum Gasteiger partial charge on any atom is 0.472 e. The number of likely N-dealkylation sites (N-methyl/N-ethyl adjacent to an activating group) is 1. The standard InChI is InChI=1S/C63H113N2O7P/c1-6-8-10-12-14-16-18-20-21-22-23-24-25-26-27-28-29-30-31-32-33-34-35-36-37-38-39-40-41-42-43-44-46-48-50-52-54-56-62(67)64-60(59-72-73(69,70)71-58-57-65(3,4)5)63(68)61(66)55-53-51-49-47-45-19-17-15-13-11-9-7-2/h7-10,14-17,20-21,23-24,26-27,47,49,60-61,63,66,68H,6,11-13,18-19,22,25,28-46,48,50-59H2,1-5H3,(H-,64,67,69,70)/p+1/b9-7+,10-8-,16-14-,17-15+,21-20-,24-23-,27-26-,49-47+. The molecular weight excluding hydrogens is 928 g/mol. The van der Waals surface area contributed by atoms with Crippen molar-refractivity contribution in [2.45, 2.75) is 257 Å². The van der Waals surface area contributed by atoms with Crippen LogP contribution in [0.4, 0.5) is 0 Å². The molecule has 0 aromatic rings. The minimum absolute atomic E-state index is 0.0100. The molecule has 0 aromatic carbocycles. The molecule has 0 saturated carbocycles. The first-order chi connectivity index (χ1) is 35.4. The number of aliphatic hydroxyl groups is 2. The van der Waals surface area contributed by atoms with Gasteiger partial charge in [-0.3, -0.25) is 13.8 Å². The molecule has 0 aliphatic carbocycles. The number of amides is 1. The predicted octanol–water partition coefficient (Wildman–Crippen LogP) is 17.2. The van der Waals surface area contributed by atoms with Gasteiger partial charge in [0.2, 0.25) is 5.91 Å². The van der Waals surface area contributed by atoms with Crippen LogP contribution in [0, 0.1) is 0 Å². The SMILES string of the molecule is C/C=C/CC/C=C/CC/C=C/CCCC(O)C(O)C(COP(=O)(O)OCC[N+](C)(C)C)NC(=O)CCCCCCCCCCCCCCCCCCCCCCC/C=C\C/C=C\C/C=C\C/C=C\C/C=C\CC. The Morgan fingerprint density at radius 3 is 1.32 bits per heavy atom. The van der Waals surface area contributed by atoms with Crippen LogP contribution in [-0.2, 0) is 18.4 Å². The van der Waals surface area contributed by atoms with Crippen molar-refractivity contribution in [3.8, 4) is 0 Å². The molecule has 10 heteroatoms. The molecule has 0 fully saturated rings. The number of quaternary nitrogens is 1. The normalized spacial score (nSPS) is 15.0. The minimum atomic E-state index is -4.44. The summed E-state index contributed by atoms with van der Waals surface area (Å²) in [6.07, 6.45) is 72.5. The lowest BCUT2D eigenvalue weighted by atomic mass is 10.0. The van der Waals surface area contributed by atoms with Gasteiger partial charge in [-0.25, -0.2) is 4.57 Å². The third-order valence-electron chi connectivity index (χ3n) is 13.0. The number of hydrogen-bond acceptors (Lipinski definition) is 6. The zero-order chi connectivity index (χ0) is 53.6. The van der Waals surface area contributed by atoms with E-state index in [4.69, 9.17) is 9.05 Å². The second kappa shape index (κ2) is 52.8. The van der Waals surface area contributed by atoms with Crippen molar-refractivity contribution in [2.24, 2.45) is 0 Å². The fourth-order valence-corrected chi connectivity index (χ4v) is 9.06. The zero-order valence-corrected chi connectivity index (χ0v) is 48.6. The number of nitrogens with one attached hydrogen (secondary N) is 1. The van der Waals surface area contributed by atoms with Crippen LogP contribution in [0.1, 0.15) is 239 Å². The molecular formula is C63H114N2O7P+. The van der Waals surface area contributed by atoms with Crippen LogP contribution in [0.15, 0.2) is 97.2 Å². The van der Waals surface area contributed by atoms with Gasteiger partial charge in [-0.1, -0.05) is 226 Å². The number of phosphoric ester groups is 1. The first-order valence-corrected chi connectivity index (χ1v) is 31.1. The third-order valence-corrected chi connectivity index (χ3v) is 13.9. The van der Waals surface area contributed by atoms with Crippen LogP contribution in [0.3, 0.4) is 0 Å². The Balaban J connectivity index is 4.03. The Hall–Kier alpha value is -2.62. The molecule has 0 aromatic heterocycles.